The summed E-state index contributed by atoms with van der Waals surface area (Å²) >= 11 is 1.23. The molecule has 1 N–H and O–H groups in total. The zero-order valence-electron chi connectivity index (χ0n) is 4.31. The van der Waals surface area contributed by atoms with Gasteiger partial charge in [-0.2, -0.15) is 19.8 Å². The van der Waals surface area contributed by atoms with Gasteiger partial charge in [-0.05, 0) is 11.4 Å². The minimum atomic E-state index is -3.95. The van der Waals surface area contributed by atoms with E-state index in [1.54, 1.807) is 5.38 Å². The molecule has 0 bridgehead atoms. The molecule has 0 atom stereocenters. The molecule has 52 valence electrons. The molecule has 1 aromatic rings. The Morgan fingerprint density at radius 3 is 2.30 bits per heavy atom. The van der Waals surface area contributed by atoms with E-state index in [2.05, 4.69) is 0 Å². The molecule has 0 spiro atoms. The van der Waals surface area contributed by atoms with Crippen LogP contribution in [0.25, 0.3) is 0 Å². The van der Waals surface area contributed by atoms with E-state index in [1.165, 1.54) is 22.8 Å². The SMILES string of the molecule is O=S(=O)(O)c1ccsc1.[NaH]. The molecule has 1 aromatic heterocycles. The first-order valence-electron chi connectivity index (χ1n) is 2.10. The van der Waals surface area contributed by atoms with Crippen LogP contribution in [0.15, 0.2) is 21.7 Å². The van der Waals surface area contributed by atoms with Crippen LogP contribution in [-0.2, 0) is 10.1 Å². The van der Waals surface area contributed by atoms with E-state index >= 15 is 0 Å². The van der Waals surface area contributed by atoms with Gasteiger partial charge in [0.05, 0.1) is 0 Å². The molecule has 3 nitrogen and oxygen atoms in total. The fourth-order valence-corrected chi connectivity index (χ4v) is 1.89. The monoisotopic (exact) mass is 188 g/mol. The van der Waals surface area contributed by atoms with E-state index < -0.39 is 10.1 Å². The molecular weight excluding hydrogens is 183 g/mol. The average Bonchev–Trinajstić information content (AvgIpc) is 2.08. The zero-order valence-corrected chi connectivity index (χ0v) is 5.95. The van der Waals surface area contributed by atoms with E-state index in [1.807, 2.05) is 0 Å². The van der Waals surface area contributed by atoms with Crippen molar-refractivity contribution in [2.45, 2.75) is 4.90 Å². The summed E-state index contributed by atoms with van der Waals surface area (Å²) in [7, 11) is -3.95. The van der Waals surface area contributed by atoms with Crippen molar-refractivity contribution in [1.29, 1.82) is 0 Å². The van der Waals surface area contributed by atoms with E-state index in [9.17, 15) is 8.42 Å². The van der Waals surface area contributed by atoms with Crippen molar-refractivity contribution in [3.05, 3.63) is 16.8 Å². The molecule has 1 rings (SSSR count). The number of hydrogen-bond acceptors (Lipinski definition) is 3. The van der Waals surface area contributed by atoms with Gasteiger partial charge in [0.1, 0.15) is 4.90 Å². The van der Waals surface area contributed by atoms with E-state index in [-0.39, 0.29) is 34.5 Å². The van der Waals surface area contributed by atoms with Crippen molar-refractivity contribution in [3.63, 3.8) is 0 Å². The molecule has 0 fully saturated rings. The Labute approximate surface area is 85.1 Å². The number of rotatable bonds is 1. The molecule has 0 aliphatic carbocycles. The maximum absolute atomic E-state index is 10.3. The second kappa shape index (κ2) is 3.85. The van der Waals surface area contributed by atoms with Gasteiger partial charge in [0.2, 0.25) is 0 Å². The summed E-state index contributed by atoms with van der Waals surface area (Å²) in [6.07, 6.45) is 0. The Balaban J connectivity index is 0.000000810. The quantitative estimate of drug-likeness (QED) is 0.511. The van der Waals surface area contributed by atoms with Crippen LogP contribution < -0.4 is 0 Å². The summed E-state index contributed by atoms with van der Waals surface area (Å²) in [5, 5.41) is 2.96. The van der Waals surface area contributed by atoms with Crippen molar-refractivity contribution >= 4 is 51.0 Å². The normalized spacial score (nSPS) is 10.5. The van der Waals surface area contributed by atoms with E-state index in [0.29, 0.717) is 0 Å². The van der Waals surface area contributed by atoms with Crippen LogP contribution in [0.5, 0.6) is 0 Å². The van der Waals surface area contributed by atoms with E-state index in [4.69, 9.17) is 4.55 Å². The van der Waals surface area contributed by atoms with E-state index in [0.717, 1.165) is 0 Å². The first-order chi connectivity index (χ1) is 4.11. The summed E-state index contributed by atoms with van der Waals surface area (Å²) in [6.45, 7) is 0. The Bertz CT molecular complexity index is 275. The minimum absolute atomic E-state index is 0. The Hall–Kier alpha value is 0.610. The van der Waals surface area contributed by atoms with Crippen LogP contribution in [0, 0.1) is 0 Å². The molecule has 0 saturated carbocycles. The van der Waals surface area contributed by atoms with Gasteiger partial charge in [0.25, 0.3) is 10.1 Å². The van der Waals surface area contributed by atoms with Crippen molar-refractivity contribution in [1.82, 2.24) is 0 Å². The molecule has 0 aliphatic heterocycles. The van der Waals surface area contributed by atoms with Crippen LogP contribution in [0.3, 0.4) is 0 Å². The third kappa shape index (κ3) is 2.69. The second-order valence-electron chi connectivity index (χ2n) is 1.43. The van der Waals surface area contributed by atoms with Gasteiger partial charge in [-0.1, -0.05) is 0 Å². The fraction of sp³-hybridized carbons (Fsp3) is 0. The van der Waals surface area contributed by atoms with Crippen molar-refractivity contribution in [2.24, 2.45) is 0 Å². The predicted octanol–water partition coefficient (Wildman–Crippen LogP) is 0.346. The standard InChI is InChI=1S/C4H4O3S2.Na.H/c5-9(6,7)4-1-2-8-3-4;;/h1-3H,(H,5,6,7);;. The Morgan fingerprint density at radius 1 is 1.50 bits per heavy atom. The first-order valence-corrected chi connectivity index (χ1v) is 4.48. The Morgan fingerprint density at radius 2 is 2.10 bits per heavy atom. The van der Waals surface area contributed by atoms with Gasteiger partial charge in [0, 0.05) is 5.38 Å². The van der Waals surface area contributed by atoms with Crippen LogP contribution in [0.4, 0.5) is 0 Å². The summed E-state index contributed by atoms with van der Waals surface area (Å²) in [5.74, 6) is 0. The number of hydrogen-bond donors (Lipinski definition) is 1. The average molecular weight is 188 g/mol. The van der Waals surface area contributed by atoms with Gasteiger partial charge in [-0.15, -0.1) is 0 Å². The van der Waals surface area contributed by atoms with Gasteiger partial charge in [0.15, 0.2) is 0 Å². The predicted molar refractivity (Wildman–Crippen MR) is 41.3 cm³/mol. The molecule has 6 heteroatoms. The summed E-state index contributed by atoms with van der Waals surface area (Å²) in [5.41, 5.74) is 0. The topological polar surface area (TPSA) is 54.4 Å². The second-order valence-corrected chi connectivity index (χ2v) is 3.64. The van der Waals surface area contributed by atoms with Crippen LogP contribution in [-0.4, -0.2) is 42.5 Å². The fourth-order valence-electron chi connectivity index (χ4n) is 0.399. The molecular formula is C4H5NaO3S2. The summed E-state index contributed by atoms with van der Waals surface area (Å²) < 4.78 is 28.9. The third-order valence-corrected chi connectivity index (χ3v) is 2.48. The van der Waals surface area contributed by atoms with Crippen molar-refractivity contribution < 1.29 is 13.0 Å². The van der Waals surface area contributed by atoms with Crippen LogP contribution in [0.2, 0.25) is 0 Å². The molecule has 0 saturated heterocycles. The molecule has 0 radical (unpaired) electrons. The molecule has 0 aliphatic rings. The zero-order chi connectivity index (χ0) is 6.91. The van der Waals surface area contributed by atoms with Crippen molar-refractivity contribution in [2.75, 3.05) is 0 Å². The van der Waals surface area contributed by atoms with Crippen LogP contribution >= 0.6 is 11.3 Å². The first kappa shape index (κ1) is 10.6. The molecule has 0 unspecified atom stereocenters. The van der Waals surface area contributed by atoms with Crippen LogP contribution in [0.1, 0.15) is 0 Å². The van der Waals surface area contributed by atoms with Crippen molar-refractivity contribution in [3.8, 4) is 0 Å². The van der Waals surface area contributed by atoms with Gasteiger partial charge in [-0.25, -0.2) is 0 Å². The molecule has 1 heterocycles. The number of thiophene rings is 1. The third-order valence-electron chi connectivity index (χ3n) is 0.793. The molecule has 10 heavy (non-hydrogen) atoms. The molecule has 0 amide bonds. The van der Waals surface area contributed by atoms with Gasteiger partial charge >= 0.3 is 29.6 Å². The van der Waals surface area contributed by atoms with Gasteiger partial charge < -0.3 is 0 Å². The Kier molecular flexibility index (Phi) is 4.08. The summed E-state index contributed by atoms with van der Waals surface area (Å²) in [4.78, 5) is -0.0347. The maximum atomic E-state index is 10.3. The van der Waals surface area contributed by atoms with Gasteiger partial charge in [-0.3, -0.25) is 4.55 Å². The summed E-state index contributed by atoms with van der Waals surface area (Å²) in [6, 6.07) is 1.35. The molecule has 0 aromatic carbocycles.